The Balaban J connectivity index is 2.55. The van der Waals surface area contributed by atoms with Gasteiger partial charge >= 0.3 is 5.97 Å². The number of aliphatic carboxylic acids is 1. The highest BCUT2D eigenvalue weighted by atomic mass is 35.5. The molecule has 19 heavy (non-hydrogen) atoms. The second-order valence-electron chi connectivity index (χ2n) is 5.09. The van der Waals surface area contributed by atoms with Gasteiger partial charge in [-0.3, -0.25) is 9.59 Å². The lowest BCUT2D eigenvalue weighted by Gasteiger charge is -2.25. The Kier molecular flexibility index (Phi) is 5.36. The maximum Gasteiger partial charge on any atom is 0.303 e. The van der Waals surface area contributed by atoms with Gasteiger partial charge in [-0.15, -0.1) is 0 Å². The first-order chi connectivity index (χ1) is 8.80. The van der Waals surface area contributed by atoms with Gasteiger partial charge in [0.05, 0.1) is 6.42 Å². The molecular weight excluding hydrogens is 266 g/mol. The molecule has 0 unspecified atom stereocenters. The minimum Gasteiger partial charge on any atom is -0.481 e. The maximum atomic E-state index is 11.9. The molecule has 1 aromatic rings. The first kappa shape index (κ1) is 15.5. The third-order valence-corrected chi connectivity index (χ3v) is 3.12. The smallest absolute Gasteiger partial charge is 0.303 e. The van der Waals surface area contributed by atoms with Crippen molar-refractivity contribution < 1.29 is 14.7 Å². The number of rotatable bonds is 6. The van der Waals surface area contributed by atoms with Crippen LogP contribution in [0.5, 0.6) is 0 Å². The number of carbonyl (C=O) groups is 2. The quantitative estimate of drug-likeness (QED) is 0.843. The highest BCUT2D eigenvalue weighted by molar-refractivity contribution is 6.31. The van der Waals surface area contributed by atoms with E-state index in [0.717, 1.165) is 5.56 Å². The van der Waals surface area contributed by atoms with Crippen LogP contribution in [0.25, 0.3) is 0 Å². The molecular formula is C14H18ClNO3. The standard InChI is InChI=1S/C14H18ClNO3/c1-14(2,8-7-13(18)19)16-12(17)9-10-5-3-4-6-11(10)15/h3-6H,7-9H2,1-2H3,(H,16,17)(H,18,19). The van der Waals surface area contributed by atoms with Crippen molar-refractivity contribution >= 4 is 23.5 Å². The Hall–Kier alpha value is -1.55. The first-order valence-corrected chi connectivity index (χ1v) is 6.44. The van der Waals surface area contributed by atoms with Gasteiger partial charge in [-0.1, -0.05) is 29.8 Å². The zero-order valence-electron chi connectivity index (χ0n) is 11.1. The average Bonchev–Trinajstić information content (AvgIpc) is 2.29. The van der Waals surface area contributed by atoms with E-state index in [-0.39, 0.29) is 18.7 Å². The number of amides is 1. The molecule has 0 heterocycles. The van der Waals surface area contributed by atoms with Gasteiger partial charge in [-0.2, -0.15) is 0 Å². The molecule has 1 rings (SSSR count). The van der Waals surface area contributed by atoms with Crippen molar-refractivity contribution in [2.75, 3.05) is 0 Å². The molecule has 104 valence electrons. The molecule has 0 radical (unpaired) electrons. The molecule has 0 fully saturated rings. The van der Waals surface area contributed by atoms with E-state index in [9.17, 15) is 9.59 Å². The lowest BCUT2D eigenvalue weighted by atomic mass is 9.98. The molecule has 1 amide bonds. The van der Waals surface area contributed by atoms with E-state index in [1.165, 1.54) is 0 Å². The van der Waals surface area contributed by atoms with Gasteiger partial charge in [0.2, 0.25) is 5.91 Å². The van der Waals surface area contributed by atoms with Crippen LogP contribution in [-0.2, 0) is 16.0 Å². The molecule has 0 aliphatic rings. The first-order valence-electron chi connectivity index (χ1n) is 6.06. The molecule has 5 heteroatoms. The molecule has 4 nitrogen and oxygen atoms in total. The van der Waals surface area contributed by atoms with Gasteiger partial charge in [0, 0.05) is 17.0 Å². The molecule has 0 aliphatic carbocycles. The summed E-state index contributed by atoms with van der Waals surface area (Å²) >= 11 is 5.98. The van der Waals surface area contributed by atoms with Crippen LogP contribution < -0.4 is 5.32 Å². The van der Waals surface area contributed by atoms with Gasteiger partial charge in [0.15, 0.2) is 0 Å². The molecule has 0 spiro atoms. The summed E-state index contributed by atoms with van der Waals surface area (Å²) in [5.74, 6) is -1.03. The van der Waals surface area contributed by atoms with Crippen molar-refractivity contribution in [2.45, 2.75) is 38.6 Å². The largest absolute Gasteiger partial charge is 0.481 e. The molecule has 0 atom stereocenters. The predicted octanol–water partition coefficient (Wildman–Crippen LogP) is 2.64. The van der Waals surface area contributed by atoms with E-state index in [1.54, 1.807) is 32.0 Å². The van der Waals surface area contributed by atoms with Crippen LogP contribution in [0, 0.1) is 0 Å². The summed E-state index contributed by atoms with van der Waals surface area (Å²) in [5.41, 5.74) is 0.215. The lowest BCUT2D eigenvalue weighted by Crippen LogP contribution is -2.44. The molecule has 0 saturated carbocycles. The summed E-state index contributed by atoms with van der Waals surface area (Å²) < 4.78 is 0. The Morgan fingerprint density at radius 1 is 1.32 bits per heavy atom. The summed E-state index contributed by atoms with van der Waals surface area (Å²) in [5, 5.41) is 12.0. The number of hydrogen-bond donors (Lipinski definition) is 2. The van der Waals surface area contributed by atoms with E-state index in [0.29, 0.717) is 11.4 Å². The summed E-state index contributed by atoms with van der Waals surface area (Å²) in [6.07, 6.45) is 0.603. The van der Waals surface area contributed by atoms with Gasteiger partial charge in [0.1, 0.15) is 0 Å². The molecule has 0 aromatic heterocycles. The van der Waals surface area contributed by atoms with E-state index >= 15 is 0 Å². The fraction of sp³-hybridized carbons (Fsp3) is 0.429. The summed E-state index contributed by atoms with van der Waals surface area (Å²) in [7, 11) is 0. The molecule has 2 N–H and O–H groups in total. The Morgan fingerprint density at radius 3 is 2.53 bits per heavy atom. The van der Waals surface area contributed by atoms with E-state index in [1.807, 2.05) is 6.07 Å². The third kappa shape index (κ3) is 5.75. The Labute approximate surface area is 117 Å². The van der Waals surface area contributed by atoms with E-state index in [2.05, 4.69) is 5.32 Å². The minimum atomic E-state index is -0.867. The second kappa shape index (κ2) is 6.57. The van der Waals surface area contributed by atoms with Gasteiger partial charge in [-0.25, -0.2) is 0 Å². The SMILES string of the molecule is CC(C)(CCC(=O)O)NC(=O)Cc1ccccc1Cl. The zero-order chi connectivity index (χ0) is 14.5. The van der Waals surface area contributed by atoms with Crippen LogP contribution in [0.3, 0.4) is 0 Å². The predicted molar refractivity (Wildman–Crippen MR) is 74.2 cm³/mol. The highest BCUT2D eigenvalue weighted by Crippen LogP contribution is 2.16. The van der Waals surface area contributed by atoms with Gasteiger partial charge in [-0.05, 0) is 31.9 Å². The summed E-state index contributed by atoms with van der Waals surface area (Å²) in [6, 6.07) is 7.16. The van der Waals surface area contributed by atoms with E-state index in [4.69, 9.17) is 16.7 Å². The molecule has 0 bridgehead atoms. The van der Waals surface area contributed by atoms with Gasteiger partial charge < -0.3 is 10.4 Å². The lowest BCUT2D eigenvalue weighted by molar-refractivity contribution is -0.137. The number of nitrogens with one attached hydrogen (secondary N) is 1. The Morgan fingerprint density at radius 2 is 1.95 bits per heavy atom. The number of carboxylic acid groups (broad SMARTS) is 1. The number of carboxylic acids is 1. The van der Waals surface area contributed by atoms with Crippen molar-refractivity contribution in [2.24, 2.45) is 0 Å². The second-order valence-corrected chi connectivity index (χ2v) is 5.50. The summed E-state index contributed by atoms with van der Waals surface area (Å²) in [6.45, 7) is 3.61. The zero-order valence-corrected chi connectivity index (χ0v) is 11.8. The van der Waals surface area contributed by atoms with Gasteiger partial charge in [0.25, 0.3) is 0 Å². The van der Waals surface area contributed by atoms with Crippen molar-refractivity contribution in [1.82, 2.24) is 5.32 Å². The fourth-order valence-corrected chi connectivity index (χ4v) is 1.92. The van der Waals surface area contributed by atoms with Crippen LogP contribution >= 0.6 is 11.6 Å². The van der Waals surface area contributed by atoms with Crippen molar-refractivity contribution in [3.05, 3.63) is 34.9 Å². The Bertz CT molecular complexity index is 472. The van der Waals surface area contributed by atoms with Crippen molar-refractivity contribution in [3.63, 3.8) is 0 Å². The minimum absolute atomic E-state index is 0.0272. The highest BCUT2D eigenvalue weighted by Gasteiger charge is 2.21. The molecule has 1 aromatic carbocycles. The van der Waals surface area contributed by atoms with E-state index < -0.39 is 11.5 Å². The van der Waals surface area contributed by atoms with Crippen LogP contribution in [0.1, 0.15) is 32.3 Å². The number of carbonyl (C=O) groups excluding carboxylic acids is 1. The third-order valence-electron chi connectivity index (χ3n) is 2.75. The molecule has 0 saturated heterocycles. The normalized spacial score (nSPS) is 11.1. The summed E-state index contributed by atoms with van der Waals surface area (Å²) in [4.78, 5) is 22.4. The monoisotopic (exact) mass is 283 g/mol. The van der Waals surface area contributed by atoms with Crippen molar-refractivity contribution in [1.29, 1.82) is 0 Å². The van der Waals surface area contributed by atoms with Crippen molar-refractivity contribution in [3.8, 4) is 0 Å². The number of hydrogen-bond acceptors (Lipinski definition) is 2. The number of benzene rings is 1. The number of halogens is 1. The average molecular weight is 284 g/mol. The van der Waals surface area contributed by atoms with Crippen LogP contribution in [0.2, 0.25) is 5.02 Å². The maximum absolute atomic E-state index is 11.9. The fourth-order valence-electron chi connectivity index (χ4n) is 1.72. The molecule has 0 aliphatic heterocycles. The topological polar surface area (TPSA) is 66.4 Å². The van der Waals surface area contributed by atoms with Crippen LogP contribution in [-0.4, -0.2) is 22.5 Å². The van der Waals surface area contributed by atoms with Crippen LogP contribution in [0.15, 0.2) is 24.3 Å². The van der Waals surface area contributed by atoms with Crippen LogP contribution in [0.4, 0.5) is 0 Å².